The first kappa shape index (κ1) is 9.22. The predicted molar refractivity (Wildman–Crippen MR) is 46.4 cm³/mol. The van der Waals surface area contributed by atoms with Crippen LogP contribution >= 0.6 is 11.3 Å². The maximum atomic E-state index is 10.4. The molecule has 4 heteroatoms. The summed E-state index contributed by atoms with van der Waals surface area (Å²) in [6, 6.07) is 3.69. The Hall–Kier alpha value is -0.870. The Labute approximate surface area is 74.3 Å². The minimum atomic E-state index is -0.873. The number of hydrogen-bond acceptors (Lipinski definition) is 3. The van der Waals surface area contributed by atoms with Crippen LogP contribution in [0.1, 0.15) is 17.2 Å². The van der Waals surface area contributed by atoms with Crippen molar-refractivity contribution in [1.82, 2.24) is 0 Å². The monoisotopic (exact) mass is 186 g/mol. The smallest absolute Gasteiger partial charge is 0.304 e. The second-order valence-corrected chi connectivity index (χ2v) is 3.47. The van der Waals surface area contributed by atoms with E-state index in [1.54, 1.807) is 0 Å². The van der Waals surface area contributed by atoms with Crippen molar-refractivity contribution in [3.05, 3.63) is 22.4 Å². The molecule has 0 aliphatic rings. The number of rotatable bonds is 4. The van der Waals surface area contributed by atoms with Gasteiger partial charge in [-0.3, -0.25) is 4.79 Å². The van der Waals surface area contributed by atoms with Crippen LogP contribution in [0.3, 0.4) is 0 Å². The summed E-state index contributed by atoms with van der Waals surface area (Å²) in [6.45, 7) is -0.104. The topological polar surface area (TPSA) is 57.5 Å². The second kappa shape index (κ2) is 4.23. The highest BCUT2D eigenvalue weighted by atomic mass is 32.1. The molecule has 1 aromatic rings. The number of carbonyl (C=O) groups is 1. The molecule has 0 fully saturated rings. The maximum absolute atomic E-state index is 10.4. The van der Waals surface area contributed by atoms with E-state index in [2.05, 4.69) is 0 Å². The lowest BCUT2D eigenvalue weighted by Crippen LogP contribution is -2.08. The molecule has 3 nitrogen and oxygen atoms in total. The van der Waals surface area contributed by atoms with E-state index in [-0.39, 0.29) is 18.9 Å². The summed E-state index contributed by atoms with van der Waals surface area (Å²) in [7, 11) is 0. The van der Waals surface area contributed by atoms with E-state index in [0.717, 1.165) is 4.88 Å². The minimum absolute atomic E-state index is 0.00296. The highest BCUT2D eigenvalue weighted by molar-refractivity contribution is 7.10. The van der Waals surface area contributed by atoms with Crippen LogP contribution in [0, 0.1) is 0 Å². The van der Waals surface area contributed by atoms with Gasteiger partial charge in [0.05, 0.1) is 13.0 Å². The van der Waals surface area contributed by atoms with Gasteiger partial charge >= 0.3 is 5.97 Å². The van der Waals surface area contributed by atoms with E-state index in [0.29, 0.717) is 0 Å². The van der Waals surface area contributed by atoms with Gasteiger partial charge in [-0.2, -0.15) is 0 Å². The van der Waals surface area contributed by atoms with Crippen LogP contribution in [0.4, 0.5) is 0 Å². The second-order valence-electron chi connectivity index (χ2n) is 2.49. The average molecular weight is 186 g/mol. The van der Waals surface area contributed by atoms with Crippen molar-refractivity contribution >= 4 is 17.3 Å². The van der Waals surface area contributed by atoms with Crippen molar-refractivity contribution in [2.45, 2.75) is 12.3 Å². The van der Waals surface area contributed by atoms with Gasteiger partial charge in [0.15, 0.2) is 0 Å². The SMILES string of the molecule is O=C(O)CC(CO)c1cccs1. The van der Waals surface area contributed by atoms with Crippen molar-refractivity contribution in [2.75, 3.05) is 6.61 Å². The Morgan fingerprint density at radius 3 is 2.83 bits per heavy atom. The molecule has 12 heavy (non-hydrogen) atoms. The Kier molecular flexibility index (Phi) is 3.25. The number of aliphatic carboxylic acids is 1. The molecule has 0 radical (unpaired) electrons. The van der Waals surface area contributed by atoms with Crippen LogP contribution in [0.2, 0.25) is 0 Å². The molecular formula is C8H10O3S. The zero-order valence-corrected chi connectivity index (χ0v) is 7.25. The molecule has 1 heterocycles. The molecule has 0 amide bonds. The molecule has 0 aliphatic heterocycles. The third-order valence-corrected chi connectivity index (χ3v) is 2.62. The molecule has 2 N–H and O–H groups in total. The van der Waals surface area contributed by atoms with Gasteiger partial charge in [-0.15, -0.1) is 11.3 Å². The molecule has 1 aromatic heterocycles. The normalized spacial score (nSPS) is 12.8. The predicted octanol–water partition coefficient (Wildman–Crippen LogP) is 1.30. The number of aliphatic hydroxyl groups is 1. The zero-order valence-electron chi connectivity index (χ0n) is 6.43. The lowest BCUT2D eigenvalue weighted by atomic mass is 10.1. The third-order valence-electron chi connectivity index (χ3n) is 1.59. The summed E-state index contributed by atoms with van der Waals surface area (Å²) in [6.07, 6.45) is -0.00296. The molecule has 0 aliphatic carbocycles. The lowest BCUT2D eigenvalue weighted by Gasteiger charge is -2.07. The van der Waals surface area contributed by atoms with Gasteiger partial charge in [-0.25, -0.2) is 0 Å². The van der Waals surface area contributed by atoms with E-state index in [4.69, 9.17) is 10.2 Å². The van der Waals surface area contributed by atoms with E-state index >= 15 is 0 Å². The van der Waals surface area contributed by atoms with Gasteiger partial charge in [0.1, 0.15) is 0 Å². The van der Waals surface area contributed by atoms with Gasteiger partial charge in [0, 0.05) is 10.8 Å². The minimum Gasteiger partial charge on any atom is -0.481 e. The first-order chi connectivity index (χ1) is 5.74. The molecule has 1 unspecified atom stereocenters. The first-order valence-corrected chi connectivity index (χ1v) is 4.48. The molecule has 1 rings (SSSR count). The maximum Gasteiger partial charge on any atom is 0.304 e. The van der Waals surface area contributed by atoms with Crippen molar-refractivity contribution in [1.29, 1.82) is 0 Å². The highest BCUT2D eigenvalue weighted by Crippen LogP contribution is 2.23. The van der Waals surface area contributed by atoms with Gasteiger partial charge in [-0.1, -0.05) is 6.07 Å². The highest BCUT2D eigenvalue weighted by Gasteiger charge is 2.14. The van der Waals surface area contributed by atoms with Gasteiger partial charge in [-0.05, 0) is 11.4 Å². The van der Waals surface area contributed by atoms with Crippen LogP contribution in [-0.2, 0) is 4.79 Å². The van der Waals surface area contributed by atoms with Crippen molar-refractivity contribution in [2.24, 2.45) is 0 Å². The Bertz CT molecular complexity index is 243. The van der Waals surface area contributed by atoms with Crippen molar-refractivity contribution < 1.29 is 15.0 Å². The third kappa shape index (κ3) is 2.32. The molecule has 0 spiro atoms. The fourth-order valence-electron chi connectivity index (χ4n) is 0.989. The average Bonchev–Trinajstić information content (AvgIpc) is 2.51. The zero-order chi connectivity index (χ0) is 8.97. The number of carboxylic acids is 1. The lowest BCUT2D eigenvalue weighted by molar-refractivity contribution is -0.137. The summed E-state index contributed by atoms with van der Waals surface area (Å²) in [4.78, 5) is 11.3. The van der Waals surface area contributed by atoms with Crippen LogP contribution in [0.25, 0.3) is 0 Å². The molecule has 66 valence electrons. The molecule has 0 saturated carbocycles. The molecule has 0 bridgehead atoms. The number of aliphatic hydroxyl groups excluding tert-OH is 1. The number of hydrogen-bond donors (Lipinski definition) is 2. The Morgan fingerprint density at radius 1 is 1.67 bits per heavy atom. The van der Waals surface area contributed by atoms with Crippen LogP contribution in [-0.4, -0.2) is 22.8 Å². The summed E-state index contributed by atoms with van der Waals surface area (Å²) in [5, 5.41) is 19.3. The van der Waals surface area contributed by atoms with Crippen molar-refractivity contribution in [3.8, 4) is 0 Å². The van der Waals surface area contributed by atoms with Crippen molar-refractivity contribution in [3.63, 3.8) is 0 Å². The standard InChI is InChI=1S/C8H10O3S/c9-5-6(4-8(10)11)7-2-1-3-12-7/h1-3,6,9H,4-5H2,(H,10,11). The van der Waals surface area contributed by atoms with Crippen LogP contribution < -0.4 is 0 Å². The number of thiophene rings is 1. The number of carboxylic acid groups (broad SMARTS) is 1. The first-order valence-electron chi connectivity index (χ1n) is 3.60. The summed E-state index contributed by atoms with van der Waals surface area (Å²) >= 11 is 1.47. The van der Waals surface area contributed by atoms with Crippen LogP contribution in [0.15, 0.2) is 17.5 Å². The van der Waals surface area contributed by atoms with Gasteiger partial charge in [0.25, 0.3) is 0 Å². The van der Waals surface area contributed by atoms with E-state index in [1.165, 1.54) is 11.3 Å². The molecule has 0 saturated heterocycles. The van der Waals surface area contributed by atoms with Gasteiger partial charge < -0.3 is 10.2 Å². The summed E-state index contributed by atoms with van der Waals surface area (Å²) in [5.74, 6) is -1.12. The quantitative estimate of drug-likeness (QED) is 0.745. The van der Waals surface area contributed by atoms with Crippen LogP contribution in [0.5, 0.6) is 0 Å². The Balaban J connectivity index is 2.63. The van der Waals surface area contributed by atoms with E-state index in [1.807, 2.05) is 17.5 Å². The fourth-order valence-corrected chi connectivity index (χ4v) is 1.81. The fraction of sp³-hybridized carbons (Fsp3) is 0.375. The molecular weight excluding hydrogens is 176 g/mol. The molecule has 0 aromatic carbocycles. The van der Waals surface area contributed by atoms with E-state index < -0.39 is 5.97 Å². The van der Waals surface area contributed by atoms with E-state index in [9.17, 15) is 4.79 Å². The largest absolute Gasteiger partial charge is 0.481 e. The summed E-state index contributed by atoms with van der Waals surface area (Å²) in [5.41, 5.74) is 0. The summed E-state index contributed by atoms with van der Waals surface area (Å²) < 4.78 is 0. The Morgan fingerprint density at radius 2 is 2.42 bits per heavy atom. The van der Waals surface area contributed by atoms with Gasteiger partial charge in [0.2, 0.25) is 0 Å². The molecule has 1 atom stereocenters.